The van der Waals surface area contributed by atoms with Gasteiger partial charge in [-0.25, -0.2) is 9.98 Å². The third kappa shape index (κ3) is 6.22. The number of para-hydroxylation sites is 1. The number of fused-ring (bicyclic) bond motifs is 1. The molecule has 0 atom stereocenters. The van der Waals surface area contributed by atoms with Crippen LogP contribution in [0.15, 0.2) is 58.1 Å². The molecule has 0 saturated heterocycles. The van der Waals surface area contributed by atoms with Crippen LogP contribution in [0.3, 0.4) is 0 Å². The summed E-state index contributed by atoms with van der Waals surface area (Å²) < 4.78 is 10.9. The second-order valence-electron chi connectivity index (χ2n) is 7.16. The van der Waals surface area contributed by atoms with Crippen molar-refractivity contribution >= 4 is 22.7 Å². The third-order valence-corrected chi connectivity index (χ3v) is 4.58. The first-order valence-corrected chi connectivity index (χ1v) is 10.4. The molecule has 2 heterocycles. The van der Waals surface area contributed by atoms with Crippen molar-refractivity contribution in [2.75, 3.05) is 38.7 Å². The van der Waals surface area contributed by atoms with Crippen LogP contribution < -0.4 is 15.5 Å². The summed E-state index contributed by atoms with van der Waals surface area (Å²) in [7, 11) is 4.01. The van der Waals surface area contributed by atoms with E-state index in [9.17, 15) is 0 Å². The average molecular weight is 410 g/mol. The maximum atomic E-state index is 5.63. The fraction of sp³-hybridized carbons (Fsp3) is 0.391. The minimum Gasteiger partial charge on any atom is -0.467 e. The van der Waals surface area contributed by atoms with Crippen LogP contribution in [0.2, 0.25) is 0 Å². The summed E-state index contributed by atoms with van der Waals surface area (Å²) in [5.74, 6) is 2.58. The van der Waals surface area contributed by atoms with E-state index in [1.807, 2.05) is 49.3 Å². The molecular formula is C23H31N5O2. The molecule has 3 aromatic rings. The minimum atomic E-state index is 0.504. The van der Waals surface area contributed by atoms with Crippen molar-refractivity contribution in [2.24, 2.45) is 4.99 Å². The smallest absolute Gasteiger partial charge is 0.191 e. The number of nitrogens with one attached hydrogen (secondary N) is 2. The van der Waals surface area contributed by atoms with Gasteiger partial charge in [0.05, 0.1) is 18.3 Å². The highest BCUT2D eigenvalue weighted by Gasteiger charge is 2.07. The molecule has 30 heavy (non-hydrogen) atoms. The molecule has 0 aliphatic carbocycles. The van der Waals surface area contributed by atoms with Crippen LogP contribution in [-0.4, -0.2) is 44.7 Å². The molecule has 0 aliphatic heterocycles. The largest absolute Gasteiger partial charge is 0.467 e. The molecule has 0 amide bonds. The van der Waals surface area contributed by atoms with Crippen LogP contribution in [-0.2, 0) is 17.9 Å². The summed E-state index contributed by atoms with van der Waals surface area (Å²) >= 11 is 0. The Balaban J connectivity index is 1.57. The van der Waals surface area contributed by atoms with Crippen molar-refractivity contribution in [3.05, 3.63) is 60.1 Å². The monoisotopic (exact) mass is 409 g/mol. The Morgan fingerprint density at radius 2 is 2.03 bits per heavy atom. The molecule has 1 aromatic carbocycles. The molecule has 0 fully saturated rings. The zero-order valence-corrected chi connectivity index (χ0v) is 18.0. The molecule has 160 valence electrons. The van der Waals surface area contributed by atoms with Gasteiger partial charge in [0, 0.05) is 39.2 Å². The lowest BCUT2D eigenvalue weighted by Crippen LogP contribution is -2.38. The van der Waals surface area contributed by atoms with Gasteiger partial charge in [-0.1, -0.05) is 18.2 Å². The van der Waals surface area contributed by atoms with E-state index in [-0.39, 0.29) is 0 Å². The number of hydrogen-bond acceptors (Lipinski definition) is 5. The average Bonchev–Trinajstić information content (AvgIpc) is 3.27. The van der Waals surface area contributed by atoms with Gasteiger partial charge in [0.1, 0.15) is 18.2 Å². The second kappa shape index (κ2) is 11.2. The second-order valence-corrected chi connectivity index (χ2v) is 7.16. The van der Waals surface area contributed by atoms with E-state index in [1.165, 1.54) is 0 Å². The van der Waals surface area contributed by atoms with E-state index in [0.29, 0.717) is 19.8 Å². The van der Waals surface area contributed by atoms with Gasteiger partial charge in [0.15, 0.2) is 5.96 Å². The predicted octanol–water partition coefficient (Wildman–Crippen LogP) is 3.56. The molecule has 2 aromatic heterocycles. The highest BCUT2D eigenvalue weighted by atomic mass is 16.5. The maximum absolute atomic E-state index is 5.63. The van der Waals surface area contributed by atoms with Crippen molar-refractivity contribution in [1.29, 1.82) is 0 Å². The molecule has 0 saturated carbocycles. The molecule has 0 aliphatic rings. The van der Waals surface area contributed by atoms with E-state index in [4.69, 9.17) is 19.1 Å². The Labute approximate surface area is 178 Å². The number of hydrogen-bond donors (Lipinski definition) is 2. The SMILES string of the molecule is CCNC(=NCc1cc(N(C)C)nc2ccccc12)NCCCOCc1ccco1. The van der Waals surface area contributed by atoms with Crippen molar-refractivity contribution in [3.63, 3.8) is 0 Å². The predicted molar refractivity (Wildman–Crippen MR) is 122 cm³/mol. The Hall–Kier alpha value is -3.06. The van der Waals surface area contributed by atoms with Crippen molar-refractivity contribution < 1.29 is 9.15 Å². The Morgan fingerprint density at radius 3 is 2.80 bits per heavy atom. The normalized spacial score (nSPS) is 11.6. The molecular weight excluding hydrogens is 378 g/mol. The molecule has 0 spiro atoms. The lowest BCUT2D eigenvalue weighted by molar-refractivity contribution is 0.105. The third-order valence-electron chi connectivity index (χ3n) is 4.58. The Kier molecular flexibility index (Phi) is 8.09. The van der Waals surface area contributed by atoms with E-state index < -0.39 is 0 Å². The molecule has 0 bridgehead atoms. The molecule has 7 heteroatoms. The van der Waals surface area contributed by atoms with Gasteiger partial charge in [-0.3, -0.25) is 0 Å². The Bertz CT molecular complexity index is 938. The van der Waals surface area contributed by atoms with Gasteiger partial charge in [-0.15, -0.1) is 0 Å². The van der Waals surface area contributed by atoms with Gasteiger partial charge >= 0.3 is 0 Å². The Morgan fingerprint density at radius 1 is 1.17 bits per heavy atom. The summed E-state index contributed by atoms with van der Waals surface area (Å²) in [6.07, 6.45) is 2.54. The van der Waals surface area contributed by atoms with Crippen LogP contribution in [0, 0.1) is 0 Å². The summed E-state index contributed by atoms with van der Waals surface area (Å²) in [4.78, 5) is 11.5. The van der Waals surface area contributed by atoms with Crippen LogP contribution in [0.5, 0.6) is 0 Å². The van der Waals surface area contributed by atoms with Gasteiger partial charge in [0.2, 0.25) is 0 Å². The van der Waals surface area contributed by atoms with Gasteiger partial charge in [0.25, 0.3) is 0 Å². The topological polar surface area (TPSA) is 74.9 Å². The van der Waals surface area contributed by atoms with Crippen LogP contribution in [0.1, 0.15) is 24.7 Å². The quantitative estimate of drug-likeness (QED) is 0.303. The molecule has 0 radical (unpaired) electrons. The number of furan rings is 1. The van der Waals surface area contributed by atoms with E-state index in [1.54, 1.807) is 6.26 Å². The summed E-state index contributed by atoms with van der Waals surface area (Å²) in [5.41, 5.74) is 2.14. The van der Waals surface area contributed by atoms with E-state index >= 15 is 0 Å². The lowest BCUT2D eigenvalue weighted by atomic mass is 10.1. The zero-order valence-electron chi connectivity index (χ0n) is 18.0. The van der Waals surface area contributed by atoms with Gasteiger partial charge in [-0.05, 0) is 43.2 Å². The highest BCUT2D eigenvalue weighted by molar-refractivity contribution is 5.85. The number of nitrogens with zero attached hydrogens (tertiary/aromatic N) is 3. The highest BCUT2D eigenvalue weighted by Crippen LogP contribution is 2.22. The summed E-state index contributed by atoms with van der Waals surface area (Å²) in [5, 5.41) is 7.82. The number of aliphatic imine (C=N–C) groups is 1. The van der Waals surface area contributed by atoms with Crippen molar-refractivity contribution in [2.45, 2.75) is 26.5 Å². The lowest BCUT2D eigenvalue weighted by Gasteiger charge is -2.15. The number of guanidine groups is 1. The van der Waals surface area contributed by atoms with E-state index in [2.05, 4.69) is 29.7 Å². The molecule has 2 N–H and O–H groups in total. The first-order chi connectivity index (χ1) is 14.7. The van der Waals surface area contributed by atoms with Crippen molar-refractivity contribution in [3.8, 4) is 0 Å². The number of aromatic nitrogens is 1. The first kappa shape index (κ1) is 21.6. The van der Waals surface area contributed by atoms with Gasteiger partial charge in [-0.2, -0.15) is 0 Å². The molecule has 7 nitrogen and oxygen atoms in total. The zero-order chi connectivity index (χ0) is 21.2. The van der Waals surface area contributed by atoms with Gasteiger partial charge < -0.3 is 24.7 Å². The standard InChI is InChI=1S/C23H31N5O2/c1-4-24-23(25-12-8-13-29-17-19-9-7-14-30-19)26-16-18-15-22(28(2)3)27-21-11-6-5-10-20(18)21/h5-7,9-11,14-15H,4,8,12-13,16-17H2,1-3H3,(H2,24,25,26). The summed E-state index contributed by atoms with van der Waals surface area (Å²) in [6, 6.07) is 14.1. The number of anilines is 1. The maximum Gasteiger partial charge on any atom is 0.191 e. The number of ether oxygens (including phenoxy) is 1. The number of pyridine rings is 1. The van der Waals surface area contributed by atoms with Crippen LogP contribution in [0.25, 0.3) is 10.9 Å². The number of benzene rings is 1. The van der Waals surface area contributed by atoms with Crippen LogP contribution in [0.4, 0.5) is 5.82 Å². The summed E-state index contributed by atoms with van der Waals surface area (Å²) in [6.45, 7) is 5.40. The minimum absolute atomic E-state index is 0.504. The first-order valence-electron chi connectivity index (χ1n) is 10.4. The van der Waals surface area contributed by atoms with Crippen LogP contribution >= 0.6 is 0 Å². The molecule has 0 unspecified atom stereocenters. The van der Waals surface area contributed by atoms with Crippen molar-refractivity contribution in [1.82, 2.24) is 15.6 Å². The number of rotatable bonds is 10. The van der Waals surface area contributed by atoms with E-state index in [0.717, 1.165) is 53.5 Å². The molecule has 3 rings (SSSR count). The fourth-order valence-corrected chi connectivity index (χ4v) is 3.05. The fourth-order valence-electron chi connectivity index (χ4n) is 3.05.